The maximum absolute atomic E-state index is 11.9. The summed E-state index contributed by atoms with van der Waals surface area (Å²) in [6, 6.07) is 4.38. The number of carbonyl (C=O) groups is 1. The summed E-state index contributed by atoms with van der Waals surface area (Å²) in [6.45, 7) is 6.39. The maximum Gasteiger partial charge on any atom is 0.314 e. The van der Waals surface area contributed by atoms with Gasteiger partial charge in [-0.15, -0.1) is 11.3 Å². The molecule has 7 heteroatoms. The molecule has 2 amide bonds. The zero-order chi connectivity index (χ0) is 16.8. The highest BCUT2D eigenvalue weighted by atomic mass is 32.1. The second kappa shape index (κ2) is 8.30. The van der Waals surface area contributed by atoms with Crippen molar-refractivity contribution in [2.45, 2.75) is 38.9 Å². The summed E-state index contributed by atoms with van der Waals surface area (Å²) in [5.74, 6) is 0. The molecule has 0 saturated carbocycles. The Morgan fingerprint density at radius 3 is 3.21 bits per heavy atom. The lowest BCUT2D eigenvalue weighted by atomic mass is 10.1. The molecule has 3 heterocycles. The Labute approximate surface area is 146 Å². The van der Waals surface area contributed by atoms with Crippen LogP contribution in [-0.2, 0) is 19.5 Å². The summed E-state index contributed by atoms with van der Waals surface area (Å²) in [6.07, 6.45) is 5.69. The lowest BCUT2D eigenvalue weighted by Gasteiger charge is -2.32. The van der Waals surface area contributed by atoms with Crippen LogP contribution in [0.4, 0.5) is 4.79 Å². The van der Waals surface area contributed by atoms with Gasteiger partial charge in [0, 0.05) is 56.0 Å². The number of amides is 2. The van der Waals surface area contributed by atoms with Crippen LogP contribution in [0.5, 0.6) is 0 Å². The molecule has 2 aromatic rings. The molecule has 2 aromatic heterocycles. The summed E-state index contributed by atoms with van der Waals surface area (Å²) < 4.78 is 1.87. The van der Waals surface area contributed by atoms with Gasteiger partial charge in [0.05, 0.1) is 0 Å². The molecule has 0 aromatic carbocycles. The van der Waals surface area contributed by atoms with E-state index < -0.39 is 0 Å². The number of aromatic nitrogens is 2. The van der Waals surface area contributed by atoms with Crippen molar-refractivity contribution in [2.24, 2.45) is 0 Å². The predicted molar refractivity (Wildman–Crippen MR) is 96.1 cm³/mol. The zero-order valence-corrected chi connectivity index (χ0v) is 14.9. The minimum absolute atomic E-state index is 0.0875. The van der Waals surface area contributed by atoms with Gasteiger partial charge >= 0.3 is 6.03 Å². The van der Waals surface area contributed by atoms with Crippen LogP contribution in [0.15, 0.2) is 29.9 Å². The Morgan fingerprint density at radius 2 is 2.38 bits per heavy atom. The Bertz CT molecular complexity index is 639. The van der Waals surface area contributed by atoms with Crippen molar-refractivity contribution < 1.29 is 4.79 Å². The van der Waals surface area contributed by atoms with Crippen molar-refractivity contribution in [3.8, 4) is 0 Å². The largest absolute Gasteiger partial charge is 0.338 e. The molecule has 24 heavy (non-hydrogen) atoms. The number of urea groups is 1. The van der Waals surface area contributed by atoms with Gasteiger partial charge in [0.15, 0.2) is 0 Å². The van der Waals surface area contributed by atoms with E-state index in [0.717, 1.165) is 32.5 Å². The number of rotatable bonds is 7. The fourth-order valence-corrected chi connectivity index (χ4v) is 3.84. The van der Waals surface area contributed by atoms with Gasteiger partial charge in [0.25, 0.3) is 0 Å². The van der Waals surface area contributed by atoms with Crippen LogP contribution >= 0.6 is 11.3 Å². The van der Waals surface area contributed by atoms with Gasteiger partial charge in [-0.2, -0.15) is 5.10 Å². The van der Waals surface area contributed by atoms with Gasteiger partial charge in [-0.05, 0) is 42.8 Å². The topological polar surface area (TPSA) is 62.2 Å². The predicted octanol–water partition coefficient (Wildman–Crippen LogP) is 2.08. The number of aryl methyl sites for hydroxylation is 1. The highest BCUT2D eigenvalue weighted by Crippen LogP contribution is 2.24. The minimum atomic E-state index is -0.0875. The first kappa shape index (κ1) is 17.0. The highest BCUT2D eigenvalue weighted by Gasteiger charge is 2.21. The molecule has 0 aliphatic carbocycles. The van der Waals surface area contributed by atoms with Gasteiger partial charge in [-0.1, -0.05) is 0 Å². The van der Waals surface area contributed by atoms with Crippen molar-refractivity contribution in [2.75, 3.05) is 19.6 Å². The van der Waals surface area contributed by atoms with E-state index in [0.29, 0.717) is 19.1 Å². The van der Waals surface area contributed by atoms with E-state index in [-0.39, 0.29) is 6.03 Å². The molecular weight excluding hydrogens is 322 g/mol. The molecule has 0 fully saturated rings. The third-order valence-corrected chi connectivity index (χ3v) is 5.45. The molecule has 2 N–H and O–H groups in total. The Balaban J connectivity index is 1.31. The van der Waals surface area contributed by atoms with Crippen LogP contribution in [0.25, 0.3) is 0 Å². The van der Waals surface area contributed by atoms with Crippen molar-refractivity contribution in [1.29, 1.82) is 0 Å². The normalized spacial score (nSPS) is 15.7. The van der Waals surface area contributed by atoms with Gasteiger partial charge < -0.3 is 10.6 Å². The van der Waals surface area contributed by atoms with E-state index in [1.807, 2.05) is 28.3 Å². The van der Waals surface area contributed by atoms with E-state index in [4.69, 9.17) is 0 Å². The SMILES string of the molecule is C[C@H](CNC(=O)NCCCn1cccn1)N1CCc2sccc2C1. The average Bonchev–Trinajstić information content (AvgIpc) is 3.27. The van der Waals surface area contributed by atoms with Crippen LogP contribution in [0.2, 0.25) is 0 Å². The molecule has 130 valence electrons. The fraction of sp³-hybridized carbons (Fsp3) is 0.529. The lowest BCUT2D eigenvalue weighted by Crippen LogP contribution is -2.46. The smallest absolute Gasteiger partial charge is 0.314 e. The average molecular weight is 347 g/mol. The summed E-state index contributed by atoms with van der Waals surface area (Å²) in [7, 11) is 0. The number of nitrogens with one attached hydrogen (secondary N) is 2. The Hall–Kier alpha value is -1.86. The first-order valence-corrected chi connectivity index (χ1v) is 9.39. The van der Waals surface area contributed by atoms with E-state index in [1.165, 1.54) is 10.4 Å². The molecule has 0 unspecified atom stereocenters. The second-order valence-electron chi connectivity index (χ2n) is 6.20. The summed E-state index contributed by atoms with van der Waals surface area (Å²) >= 11 is 1.85. The molecule has 0 spiro atoms. The number of hydrogen-bond acceptors (Lipinski definition) is 4. The number of fused-ring (bicyclic) bond motifs is 1. The number of carbonyl (C=O) groups excluding carboxylic acids is 1. The summed E-state index contributed by atoms with van der Waals surface area (Å²) in [5.41, 5.74) is 1.45. The van der Waals surface area contributed by atoms with Crippen LogP contribution in [0.3, 0.4) is 0 Å². The monoisotopic (exact) mass is 347 g/mol. The fourth-order valence-electron chi connectivity index (χ4n) is 2.95. The van der Waals surface area contributed by atoms with Crippen LogP contribution in [0.1, 0.15) is 23.8 Å². The third kappa shape index (κ3) is 4.58. The quantitative estimate of drug-likeness (QED) is 0.754. The van der Waals surface area contributed by atoms with E-state index in [1.54, 1.807) is 6.20 Å². The van der Waals surface area contributed by atoms with Crippen molar-refractivity contribution >= 4 is 17.4 Å². The first-order chi connectivity index (χ1) is 11.7. The molecule has 3 rings (SSSR count). The molecular formula is C17H25N5OS. The number of nitrogens with zero attached hydrogens (tertiary/aromatic N) is 3. The van der Waals surface area contributed by atoms with Crippen molar-refractivity contribution in [3.63, 3.8) is 0 Å². The van der Waals surface area contributed by atoms with Crippen LogP contribution in [-0.4, -0.2) is 46.4 Å². The Kier molecular flexibility index (Phi) is 5.87. The van der Waals surface area contributed by atoms with Crippen molar-refractivity contribution in [3.05, 3.63) is 40.3 Å². The standard InChI is InChI=1S/C17H25N5OS/c1-14(21-10-4-16-15(13-21)5-11-24-16)12-19-17(23)18-6-2-8-22-9-3-7-20-22/h3,5,7,9,11,14H,2,4,6,8,10,12-13H2,1H3,(H2,18,19,23)/t14-/m1/s1. The number of thiophene rings is 1. The third-order valence-electron chi connectivity index (χ3n) is 4.43. The van der Waals surface area contributed by atoms with Crippen LogP contribution in [0, 0.1) is 0 Å². The minimum Gasteiger partial charge on any atom is -0.338 e. The van der Waals surface area contributed by atoms with Crippen LogP contribution < -0.4 is 10.6 Å². The van der Waals surface area contributed by atoms with Gasteiger partial charge in [0.2, 0.25) is 0 Å². The lowest BCUT2D eigenvalue weighted by molar-refractivity contribution is 0.186. The van der Waals surface area contributed by atoms with E-state index in [9.17, 15) is 4.79 Å². The van der Waals surface area contributed by atoms with Crippen molar-refractivity contribution in [1.82, 2.24) is 25.3 Å². The molecule has 1 atom stereocenters. The Morgan fingerprint density at radius 1 is 1.46 bits per heavy atom. The summed E-state index contributed by atoms with van der Waals surface area (Å²) in [5, 5.41) is 12.2. The summed E-state index contributed by atoms with van der Waals surface area (Å²) in [4.78, 5) is 15.8. The molecule has 0 bridgehead atoms. The molecule has 1 aliphatic heterocycles. The van der Waals surface area contributed by atoms with Gasteiger partial charge in [0.1, 0.15) is 0 Å². The van der Waals surface area contributed by atoms with E-state index in [2.05, 4.69) is 39.0 Å². The molecule has 6 nitrogen and oxygen atoms in total. The van der Waals surface area contributed by atoms with E-state index >= 15 is 0 Å². The molecule has 0 saturated heterocycles. The first-order valence-electron chi connectivity index (χ1n) is 8.51. The zero-order valence-electron chi connectivity index (χ0n) is 14.1. The second-order valence-corrected chi connectivity index (χ2v) is 7.20. The number of hydrogen-bond donors (Lipinski definition) is 2. The highest BCUT2D eigenvalue weighted by molar-refractivity contribution is 7.10. The molecule has 0 radical (unpaired) electrons. The van der Waals surface area contributed by atoms with Gasteiger partial charge in [-0.25, -0.2) is 4.79 Å². The molecule has 1 aliphatic rings. The van der Waals surface area contributed by atoms with Gasteiger partial charge in [-0.3, -0.25) is 9.58 Å². The maximum atomic E-state index is 11.9.